The third kappa shape index (κ3) is 4.70. The summed E-state index contributed by atoms with van der Waals surface area (Å²) in [5.74, 6) is 0.857. The summed E-state index contributed by atoms with van der Waals surface area (Å²) in [7, 11) is -2.30. The maximum absolute atomic E-state index is 12.9. The van der Waals surface area contributed by atoms with Crippen LogP contribution in [0.15, 0.2) is 71.6 Å². The van der Waals surface area contributed by atoms with Gasteiger partial charge in [0, 0.05) is 11.4 Å². The van der Waals surface area contributed by atoms with Gasteiger partial charge in [-0.25, -0.2) is 8.42 Å². The van der Waals surface area contributed by atoms with Crippen molar-refractivity contribution in [2.75, 3.05) is 23.8 Å². The second-order valence-corrected chi connectivity index (χ2v) is 9.30. The van der Waals surface area contributed by atoms with Gasteiger partial charge in [0.05, 0.1) is 17.9 Å². The Hall–Kier alpha value is -3.52. The lowest BCUT2D eigenvalue weighted by Gasteiger charge is -2.25. The molecule has 1 amide bonds. The van der Waals surface area contributed by atoms with Crippen LogP contribution < -0.4 is 19.5 Å². The van der Waals surface area contributed by atoms with Gasteiger partial charge >= 0.3 is 0 Å². The number of amides is 1. The molecule has 1 atom stereocenters. The van der Waals surface area contributed by atoms with Crippen molar-refractivity contribution in [1.29, 1.82) is 0 Å². The predicted octanol–water partition coefficient (Wildman–Crippen LogP) is 3.99. The van der Waals surface area contributed by atoms with Crippen LogP contribution in [-0.4, -0.2) is 28.0 Å². The number of ether oxygens (including phenoxy) is 2. The van der Waals surface area contributed by atoms with Crippen LogP contribution in [0, 0.1) is 12.8 Å². The molecule has 0 radical (unpaired) electrons. The molecule has 166 valence electrons. The van der Waals surface area contributed by atoms with Crippen LogP contribution in [-0.2, 0) is 21.2 Å². The van der Waals surface area contributed by atoms with Crippen molar-refractivity contribution < 1.29 is 22.7 Å². The Morgan fingerprint density at radius 3 is 2.56 bits per heavy atom. The molecule has 1 aliphatic rings. The van der Waals surface area contributed by atoms with Gasteiger partial charge in [-0.1, -0.05) is 24.3 Å². The molecule has 0 bridgehead atoms. The third-order valence-electron chi connectivity index (χ3n) is 5.37. The van der Waals surface area contributed by atoms with Crippen molar-refractivity contribution in [3.05, 3.63) is 77.9 Å². The number of carbonyl (C=O) groups is 1. The molecule has 1 aliphatic heterocycles. The maximum atomic E-state index is 12.9. The fourth-order valence-corrected chi connectivity index (χ4v) is 4.59. The number of sulfonamides is 1. The molecule has 0 saturated carbocycles. The van der Waals surface area contributed by atoms with Crippen molar-refractivity contribution in [3.63, 3.8) is 0 Å². The van der Waals surface area contributed by atoms with Crippen LogP contribution >= 0.6 is 0 Å². The maximum Gasteiger partial charge on any atom is 0.261 e. The van der Waals surface area contributed by atoms with Gasteiger partial charge in [0.15, 0.2) is 0 Å². The molecule has 2 N–H and O–H groups in total. The van der Waals surface area contributed by atoms with E-state index in [9.17, 15) is 13.2 Å². The van der Waals surface area contributed by atoms with Gasteiger partial charge in [0.1, 0.15) is 18.1 Å². The molecule has 0 spiro atoms. The van der Waals surface area contributed by atoms with Crippen LogP contribution in [0.4, 0.5) is 11.4 Å². The molecular weight excluding hydrogens is 428 g/mol. The van der Waals surface area contributed by atoms with Gasteiger partial charge in [0.2, 0.25) is 5.91 Å². The van der Waals surface area contributed by atoms with E-state index >= 15 is 0 Å². The Morgan fingerprint density at radius 1 is 1.06 bits per heavy atom. The number of hydrogen-bond donors (Lipinski definition) is 2. The van der Waals surface area contributed by atoms with Gasteiger partial charge in [-0.2, -0.15) is 0 Å². The second-order valence-electron chi connectivity index (χ2n) is 7.62. The van der Waals surface area contributed by atoms with Crippen LogP contribution in [0.3, 0.4) is 0 Å². The number of benzene rings is 3. The van der Waals surface area contributed by atoms with Crippen molar-refractivity contribution in [2.45, 2.75) is 18.2 Å². The molecular formula is C24H24N2O5S. The van der Waals surface area contributed by atoms with E-state index in [-0.39, 0.29) is 23.3 Å². The van der Waals surface area contributed by atoms with E-state index in [1.807, 2.05) is 31.2 Å². The van der Waals surface area contributed by atoms with Crippen molar-refractivity contribution >= 4 is 27.3 Å². The molecule has 0 aromatic heterocycles. The Balaban J connectivity index is 1.50. The molecule has 8 heteroatoms. The van der Waals surface area contributed by atoms with Crippen molar-refractivity contribution in [3.8, 4) is 11.5 Å². The molecule has 3 aromatic rings. The topological polar surface area (TPSA) is 93.7 Å². The second kappa shape index (κ2) is 8.92. The summed E-state index contributed by atoms with van der Waals surface area (Å²) in [5.41, 5.74) is 2.61. The number of nitrogens with one attached hydrogen (secondary N) is 2. The SMILES string of the molecule is COc1ccc(NS(=O)(=O)c2ccc(C)c(NC(=O)[C@H]3COc4ccccc4C3)c2)cc1. The Morgan fingerprint density at radius 2 is 1.81 bits per heavy atom. The van der Waals surface area contributed by atoms with Crippen LogP contribution in [0.2, 0.25) is 0 Å². The highest BCUT2D eigenvalue weighted by molar-refractivity contribution is 7.92. The molecule has 7 nitrogen and oxygen atoms in total. The number of anilines is 2. The predicted molar refractivity (Wildman–Crippen MR) is 123 cm³/mol. The van der Waals surface area contributed by atoms with E-state index in [1.54, 1.807) is 37.4 Å². The van der Waals surface area contributed by atoms with E-state index in [0.29, 0.717) is 23.5 Å². The minimum Gasteiger partial charge on any atom is -0.497 e. The molecule has 32 heavy (non-hydrogen) atoms. The van der Waals surface area contributed by atoms with Gasteiger partial charge in [-0.05, 0) is 66.9 Å². The smallest absolute Gasteiger partial charge is 0.261 e. The van der Waals surface area contributed by atoms with Gasteiger partial charge in [-0.3, -0.25) is 9.52 Å². The first-order valence-electron chi connectivity index (χ1n) is 10.1. The Bertz CT molecular complexity index is 1240. The monoisotopic (exact) mass is 452 g/mol. The molecule has 0 saturated heterocycles. The normalized spacial score (nSPS) is 15.2. The van der Waals surface area contributed by atoms with Crippen molar-refractivity contribution in [1.82, 2.24) is 0 Å². The summed E-state index contributed by atoms with van der Waals surface area (Å²) in [6.07, 6.45) is 0.568. The fraction of sp³-hybridized carbons (Fsp3) is 0.208. The number of carbonyl (C=O) groups excluding carboxylic acids is 1. The minimum absolute atomic E-state index is 0.0551. The number of para-hydroxylation sites is 1. The zero-order chi connectivity index (χ0) is 22.7. The summed E-state index contributed by atoms with van der Waals surface area (Å²) in [5, 5.41) is 2.87. The molecule has 1 heterocycles. The first kappa shape index (κ1) is 21.7. The van der Waals surface area contributed by atoms with E-state index in [4.69, 9.17) is 9.47 Å². The van der Waals surface area contributed by atoms with Crippen LogP contribution in [0.25, 0.3) is 0 Å². The largest absolute Gasteiger partial charge is 0.497 e. The van der Waals surface area contributed by atoms with E-state index in [1.165, 1.54) is 12.1 Å². The number of fused-ring (bicyclic) bond motifs is 1. The lowest BCUT2D eigenvalue weighted by molar-refractivity contribution is -0.121. The lowest BCUT2D eigenvalue weighted by atomic mass is 9.96. The number of aryl methyl sites for hydroxylation is 1. The highest BCUT2D eigenvalue weighted by atomic mass is 32.2. The highest BCUT2D eigenvalue weighted by Crippen LogP contribution is 2.29. The molecule has 0 unspecified atom stereocenters. The third-order valence-corrected chi connectivity index (χ3v) is 6.75. The molecule has 4 rings (SSSR count). The van der Waals surface area contributed by atoms with Crippen molar-refractivity contribution in [2.24, 2.45) is 5.92 Å². The zero-order valence-electron chi connectivity index (χ0n) is 17.8. The first-order chi connectivity index (χ1) is 15.4. The molecule has 0 aliphatic carbocycles. The van der Waals surface area contributed by atoms with Gasteiger partial charge < -0.3 is 14.8 Å². The summed E-state index contributed by atoms with van der Waals surface area (Å²) >= 11 is 0. The fourth-order valence-electron chi connectivity index (χ4n) is 3.51. The number of rotatable bonds is 6. The summed E-state index contributed by atoms with van der Waals surface area (Å²) in [4.78, 5) is 12.9. The van der Waals surface area contributed by atoms with E-state index < -0.39 is 10.0 Å². The Kier molecular flexibility index (Phi) is 6.05. The minimum atomic E-state index is -3.84. The summed E-state index contributed by atoms with van der Waals surface area (Å²) in [6.45, 7) is 2.09. The van der Waals surface area contributed by atoms with Gasteiger partial charge in [0.25, 0.3) is 10.0 Å². The van der Waals surface area contributed by atoms with Crippen LogP contribution in [0.1, 0.15) is 11.1 Å². The average Bonchev–Trinajstić information content (AvgIpc) is 2.80. The summed E-state index contributed by atoms with van der Waals surface area (Å²) < 4.78 is 39.1. The molecule has 0 fully saturated rings. The van der Waals surface area contributed by atoms with Gasteiger partial charge in [-0.15, -0.1) is 0 Å². The average molecular weight is 453 g/mol. The molecule has 3 aromatic carbocycles. The van der Waals surface area contributed by atoms with E-state index in [0.717, 1.165) is 16.9 Å². The Labute approximate surface area is 187 Å². The van der Waals surface area contributed by atoms with E-state index in [2.05, 4.69) is 10.0 Å². The number of methoxy groups -OCH3 is 1. The van der Waals surface area contributed by atoms with Crippen LogP contribution in [0.5, 0.6) is 11.5 Å². The highest BCUT2D eigenvalue weighted by Gasteiger charge is 2.26. The number of hydrogen-bond acceptors (Lipinski definition) is 5. The standard InChI is InChI=1S/C24H24N2O5S/c1-16-7-12-21(32(28,29)26-19-8-10-20(30-2)11-9-19)14-22(16)25-24(27)18-13-17-5-3-4-6-23(17)31-15-18/h3-12,14,18,26H,13,15H2,1-2H3,(H,25,27)/t18-/m1/s1. The lowest BCUT2D eigenvalue weighted by Crippen LogP contribution is -2.32. The first-order valence-corrected chi connectivity index (χ1v) is 11.6. The zero-order valence-corrected chi connectivity index (χ0v) is 18.6. The quantitative estimate of drug-likeness (QED) is 0.590. The summed E-state index contributed by atoms with van der Waals surface area (Å²) in [6, 6.07) is 18.9.